The normalized spacial score (nSPS) is 25.9. The predicted molar refractivity (Wildman–Crippen MR) is 71.9 cm³/mol. The van der Waals surface area contributed by atoms with Crippen LogP contribution in [0.5, 0.6) is 0 Å². The van der Waals surface area contributed by atoms with Crippen molar-refractivity contribution in [2.75, 3.05) is 6.61 Å². The first kappa shape index (κ1) is 12.6. The Balaban J connectivity index is 1.79. The van der Waals surface area contributed by atoms with E-state index in [2.05, 4.69) is 39.6 Å². The molecule has 16 heavy (non-hydrogen) atoms. The molecule has 1 fully saturated rings. The number of hydrogen-bond donors (Lipinski definition) is 1. The molecule has 0 bridgehead atoms. The first-order chi connectivity index (χ1) is 7.79. The van der Waals surface area contributed by atoms with Crippen LogP contribution in [-0.2, 0) is 11.3 Å². The lowest BCUT2D eigenvalue weighted by Gasteiger charge is -2.29. The topological polar surface area (TPSA) is 21.3 Å². The highest BCUT2D eigenvalue weighted by atomic mass is 79.9. The molecule has 90 valence electrons. The highest BCUT2D eigenvalue weighted by molar-refractivity contribution is 9.10. The third kappa shape index (κ3) is 3.29. The minimum absolute atomic E-state index is 0.457. The number of ether oxygens (including phenoxy) is 1. The molecule has 2 rings (SSSR count). The summed E-state index contributed by atoms with van der Waals surface area (Å²) in [5, 5.41) is 5.75. The molecule has 1 aromatic rings. The number of nitrogens with one attached hydrogen (secondary N) is 1. The number of halogens is 1. The summed E-state index contributed by atoms with van der Waals surface area (Å²) in [6, 6.07) is 2.73. The Hall–Kier alpha value is 0.1000. The van der Waals surface area contributed by atoms with Gasteiger partial charge in [-0.05, 0) is 46.6 Å². The van der Waals surface area contributed by atoms with E-state index in [9.17, 15) is 0 Å². The maximum Gasteiger partial charge on any atom is 0.0587 e. The predicted octanol–water partition coefficient (Wildman–Crippen LogP) is 3.56. The van der Waals surface area contributed by atoms with Gasteiger partial charge in [0.2, 0.25) is 0 Å². The fraction of sp³-hybridized carbons (Fsp3) is 0.667. The van der Waals surface area contributed by atoms with Crippen LogP contribution in [0.1, 0.15) is 31.1 Å². The first-order valence-corrected chi connectivity index (χ1v) is 7.53. The zero-order valence-electron chi connectivity index (χ0n) is 9.54. The Morgan fingerprint density at radius 3 is 3.19 bits per heavy atom. The molecular formula is C12H18BrNOS. The molecule has 2 unspecified atom stereocenters. The van der Waals surface area contributed by atoms with Crippen molar-refractivity contribution in [3.05, 3.63) is 20.8 Å². The van der Waals surface area contributed by atoms with E-state index in [-0.39, 0.29) is 0 Å². The first-order valence-electron chi connectivity index (χ1n) is 5.86. The molecule has 0 aromatic carbocycles. The Bertz CT molecular complexity index is 329. The summed E-state index contributed by atoms with van der Waals surface area (Å²) in [4.78, 5) is 1.39. The SMILES string of the molecule is CCC1CC(NCc2sccc2Br)CCO1. The van der Waals surface area contributed by atoms with Crippen LogP contribution in [0.25, 0.3) is 0 Å². The van der Waals surface area contributed by atoms with Gasteiger partial charge in [-0.1, -0.05) is 6.92 Å². The minimum Gasteiger partial charge on any atom is -0.378 e. The van der Waals surface area contributed by atoms with Gasteiger partial charge in [0.1, 0.15) is 0 Å². The average Bonchev–Trinajstić information content (AvgIpc) is 2.72. The van der Waals surface area contributed by atoms with Gasteiger partial charge in [0.15, 0.2) is 0 Å². The lowest BCUT2D eigenvalue weighted by molar-refractivity contribution is -0.000282. The summed E-state index contributed by atoms with van der Waals surface area (Å²) in [6.07, 6.45) is 3.87. The van der Waals surface area contributed by atoms with Gasteiger partial charge >= 0.3 is 0 Å². The van der Waals surface area contributed by atoms with E-state index in [1.807, 2.05) is 0 Å². The lowest BCUT2D eigenvalue weighted by Crippen LogP contribution is -2.38. The molecule has 1 aliphatic heterocycles. The van der Waals surface area contributed by atoms with E-state index in [0.29, 0.717) is 12.1 Å². The van der Waals surface area contributed by atoms with Crippen LogP contribution >= 0.6 is 27.3 Å². The van der Waals surface area contributed by atoms with Gasteiger partial charge in [-0.3, -0.25) is 0 Å². The average molecular weight is 304 g/mol. The molecule has 1 aliphatic rings. The van der Waals surface area contributed by atoms with Crippen LogP contribution in [0.4, 0.5) is 0 Å². The van der Waals surface area contributed by atoms with E-state index in [1.54, 1.807) is 11.3 Å². The third-order valence-corrected chi connectivity index (χ3v) is 4.99. The number of rotatable bonds is 4. The molecule has 0 aliphatic carbocycles. The number of thiophene rings is 1. The van der Waals surface area contributed by atoms with Crippen molar-refractivity contribution in [3.63, 3.8) is 0 Å². The highest BCUT2D eigenvalue weighted by Gasteiger charge is 2.20. The van der Waals surface area contributed by atoms with E-state index in [1.165, 1.54) is 9.35 Å². The summed E-state index contributed by atoms with van der Waals surface area (Å²) >= 11 is 5.37. The summed E-state index contributed by atoms with van der Waals surface area (Å²) in [6.45, 7) is 4.07. The van der Waals surface area contributed by atoms with Crippen molar-refractivity contribution in [2.45, 2.75) is 44.9 Å². The molecule has 1 saturated heterocycles. The fourth-order valence-corrected chi connectivity index (χ4v) is 3.48. The van der Waals surface area contributed by atoms with Crippen molar-refractivity contribution in [2.24, 2.45) is 0 Å². The maximum atomic E-state index is 5.67. The molecule has 0 spiro atoms. The maximum absolute atomic E-state index is 5.67. The van der Waals surface area contributed by atoms with Gasteiger partial charge in [-0.15, -0.1) is 11.3 Å². The molecule has 1 aromatic heterocycles. The Labute approximate surface area is 110 Å². The Kier molecular flexibility index (Phi) is 4.82. The molecule has 0 saturated carbocycles. The van der Waals surface area contributed by atoms with Crippen LogP contribution in [0.2, 0.25) is 0 Å². The van der Waals surface area contributed by atoms with E-state index in [0.717, 1.165) is 32.4 Å². The van der Waals surface area contributed by atoms with Crippen molar-refractivity contribution < 1.29 is 4.74 Å². The van der Waals surface area contributed by atoms with Gasteiger partial charge in [-0.2, -0.15) is 0 Å². The summed E-state index contributed by atoms with van der Waals surface area (Å²) < 4.78 is 6.90. The number of hydrogen-bond acceptors (Lipinski definition) is 3. The van der Waals surface area contributed by atoms with Crippen molar-refractivity contribution in [3.8, 4) is 0 Å². The van der Waals surface area contributed by atoms with Gasteiger partial charge in [0.25, 0.3) is 0 Å². The zero-order chi connectivity index (χ0) is 11.4. The Morgan fingerprint density at radius 1 is 1.62 bits per heavy atom. The minimum atomic E-state index is 0.457. The van der Waals surface area contributed by atoms with Gasteiger partial charge in [0.05, 0.1) is 6.10 Å². The summed E-state index contributed by atoms with van der Waals surface area (Å²) in [5.74, 6) is 0. The van der Waals surface area contributed by atoms with Crippen LogP contribution in [0, 0.1) is 0 Å². The van der Waals surface area contributed by atoms with Crippen LogP contribution in [0.3, 0.4) is 0 Å². The van der Waals surface area contributed by atoms with Gasteiger partial charge < -0.3 is 10.1 Å². The monoisotopic (exact) mass is 303 g/mol. The second-order valence-electron chi connectivity index (χ2n) is 4.19. The largest absolute Gasteiger partial charge is 0.378 e. The molecule has 0 amide bonds. The standard InChI is InChI=1S/C12H18BrNOS/c1-2-10-7-9(3-5-15-10)14-8-12-11(13)4-6-16-12/h4,6,9-10,14H,2-3,5,7-8H2,1H3. The molecule has 4 heteroatoms. The molecule has 0 radical (unpaired) electrons. The second-order valence-corrected chi connectivity index (χ2v) is 6.05. The van der Waals surface area contributed by atoms with Gasteiger partial charge in [0, 0.05) is 28.5 Å². The van der Waals surface area contributed by atoms with E-state index >= 15 is 0 Å². The lowest BCUT2D eigenvalue weighted by atomic mass is 10.0. The third-order valence-electron chi connectivity index (χ3n) is 3.06. The van der Waals surface area contributed by atoms with Crippen LogP contribution in [-0.4, -0.2) is 18.8 Å². The molecule has 2 nitrogen and oxygen atoms in total. The molecule has 2 heterocycles. The summed E-state index contributed by atoms with van der Waals surface area (Å²) in [7, 11) is 0. The molecule has 1 N–H and O–H groups in total. The van der Waals surface area contributed by atoms with E-state index in [4.69, 9.17) is 4.74 Å². The molecular weight excluding hydrogens is 286 g/mol. The van der Waals surface area contributed by atoms with Crippen LogP contribution in [0.15, 0.2) is 15.9 Å². The summed E-state index contributed by atoms with van der Waals surface area (Å²) in [5.41, 5.74) is 0. The van der Waals surface area contributed by atoms with Crippen molar-refractivity contribution in [1.82, 2.24) is 5.32 Å². The Morgan fingerprint density at radius 2 is 2.50 bits per heavy atom. The van der Waals surface area contributed by atoms with Crippen LogP contribution < -0.4 is 5.32 Å². The van der Waals surface area contributed by atoms with Gasteiger partial charge in [-0.25, -0.2) is 0 Å². The fourth-order valence-electron chi connectivity index (χ4n) is 2.04. The highest BCUT2D eigenvalue weighted by Crippen LogP contribution is 2.23. The zero-order valence-corrected chi connectivity index (χ0v) is 11.9. The molecule has 2 atom stereocenters. The van der Waals surface area contributed by atoms with Crippen molar-refractivity contribution >= 4 is 27.3 Å². The quantitative estimate of drug-likeness (QED) is 0.918. The smallest absolute Gasteiger partial charge is 0.0587 e. The second kappa shape index (κ2) is 6.15. The van der Waals surface area contributed by atoms with E-state index < -0.39 is 0 Å². The van der Waals surface area contributed by atoms with Crippen molar-refractivity contribution in [1.29, 1.82) is 0 Å².